The number of aryl methyl sites for hydroxylation is 1. The molecular formula is C13H21N5O. The number of nitrogens with one attached hydrogen (secondary N) is 1. The first-order chi connectivity index (χ1) is 9.19. The normalized spacial score (nSPS) is 11.4. The summed E-state index contributed by atoms with van der Waals surface area (Å²) in [5.41, 5.74) is 0. The lowest BCUT2D eigenvalue weighted by atomic mass is 10.2. The van der Waals surface area contributed by atoms with Crippen molar-refractivity contribution in [3.63, 3.8) is 0 Å². The molecule has 0 aliphatic rings. The summed E-state index contributed by atoms with van der Waals surface area (Å²) in [4.78, 5) is 8.46. The van der Waals surface area contributed by atoms with E-state index in [-0.39, 0.29) is 0 Å². The second-order valence-electron chi connectivity index (χ2n) is 4.93. The number of hydrogen-bond donors (Lipinski definition) is 1. The van der Waals surface area contributed by atoms with Crippen LogP contribution in [0.5, 0.6) is 0 Å². The Hall–Kier alpha value is -1.69. The number of aromatic nitrogens is 4. The van der Waals surface area contributed by atoms with Gasteiger partial charge in [0.2, 0.25) is 5.89 Å². The molecular weight excluding hydrogens is 242 g/mol. The minimum atomic E-state index is 0.555. The van der Waals surface area contributed by atoms with E-state index in [1.165, 1.54) is 0 Å². The highest BCUT2D eigenvalue weighted by atomic mass is 16.4. The van der Waals surface area contributed by atoms with Gasteiger partial charge >= 0.3 is 0 Å². The zero-order valence-corrected chi connectivity index (χ0v) is 11.8. The molecule has 2 rings (SSSR count). The maximum absolute atomic E-state index is 5.53. The summed E-state index contributed by atoms with van der Waals surface area (Å²) < 4.78 is 7.47. The molecule has 19 heavy (non-hydrogen) atoms. The molecule has 0 atom stereocenters. The summed E-state index contributed by atoms with van der Waals surface area (Å²) in [7, 11) is 0. The molecule has 6 heteroatoms. The van der Waals surface area contributed by atoms with E-state index in [2.05, 4.69) is 34.2 Å². The predicted octanol–water partition coefficient (Wildman–Crippen LogP) is 1.77. The summed E-state index contributed by atoms with van der Waals surface area (Å²) >= 11 is 0. The Kier molecular flexibility index (Phi) is 4.68. The van der Waals surface area contributed by atoms with Crippen LogP contribution in [0.1, 0.15) is 38.2 Å². The van der Waals surface area contributed by atoms with Crippen molar-refractivity contribution < 1.29 is 4.42 Å². The number of oxazole rings is 1. The molecule has 0 spiro atoms. The third-order valence-corrected chi connectivity index (χ3v) is 2.74. The largest absolute Gasteiger partial charge is 0.444 e. The molecule has 0 radical (unpaired) electrons. The quantitative estimate of drug-likeness (QED) is 0.824. The first-order valence-corrected chi connectivity index (χ1v) is 6.70. The zero-order valence-electron chi connectivity index (χ0n) is 11.8. The second kappa shape index (κ2) is 6.47. The monoisotopic (exact) mass is 263 g/mol. The van der Waals surface area contributed by atoms with Gasteiger partial charge in [0.15, 0.2) is 0 Å². The fourth-order valence-electron chi connectivity index (χ4n) is 1.80. The van der Waals surface area contributed by atoms with Crippen LogP contribution in [0.25, 0.3) is 0 Å². The van der Waals surface area contributed by atoms with Crippen molar-refractivity contribution >= 4 is 0 Å². The van der Waals surface area contributed by atoms with E-state index in [1.54, 1.807) is 12.5 Å². The van der Waals surface area contributed by atoms with Crippen LogP contribution < -0.4 is 5.32 Å². The molecule has 0 bridgehead atoms. The lowest BCUT2D eigenvalue weighted by Gasteiger charge is -2.08. The van der Waals surface area contributed by atoms with Crippen molar-refractivity contribution in [3.05, 3.63) is 30.0 Å². The molecule has 0 saturated carbocycles. The average Bonchev–Trinajstić information content (AvgIpc) is 2.99. The molecule has 0 aliphatic carbocycles. The van der Waals surface area contributed by atoms with Crippen LogP contribution in [0.15, 0.2) is 16.9 Å². The first-order valence-electron chi connectivity index (χ1n) is 6.70. The molecule has 2 heterocycles. The lowest BCUT2D eigenvalue weighted by Crippen LogP contribution is -2.18. The van der Waals surface area contributed by atoms with Gasteiger partial charge in [-0.3, -0.25) is 0 Å². The molecule has 104 valence electrons. The van der Waals surface area contributed by atoms with Crippen molar-refractivity contribution in [2.45, 2.75) is 46.8 Å². The van der Waals surface area contributed by atoms with Crippen LogP contribution in [0.4, 0.5) is 0 Å². The number of hydrogen-bond acceptors (Lipinski definition) is 5. The maximum Gasteiger partial charge on any atom is 0.208 e. The predicted molar refractivity (Wildman–Crippen MR) is 71.3 cm³/mol. The van der Waals surface area contributed by atoms with Crippen LogP contribution in [0.2, 0.25) is 0 Å². The third kappa shape index (κ3) is 3.89. The van der Waals surface area contributed by atoms with Gasteiger partial charge in [0, 0.05) is 13.0 Å². The van der Waals surface area contributed by atoms with E-state index in [0.717, 1.165) is 24.6 Å². The highest BCUT2D eigenvalue weighted by molar-refractivity contribution is 4.93. The summed E-state index contributed by atoms with van der Waals surface area (Å²) in [6, 6.07) is 0. The van der Waals surface area contributed by atoms with Crippen LogP contribution in [0.3, 0.4) is 0 Å². The molecule has 2 aromatic heterocycles. The van der Waals surface area contributed by atoms with Gasteiger partial charge in [-0.2, -0.15) is 5.10 Å². The smallest absolute Gasteiger partial charge is 0.208 e. The van der Waals surface area contributed by atoms with Gasteiger partial charge in [0.05, 0.1) is 19.3 Å². The van der Waals surface area contributed by atoms with Crippen LogP contribution in [-0.2, 0) is 26.1 Å². The Bertz CT molecular complexity index is 503. The van der Waals surface area contributed by atoms with Gasteiger partial charge in [-0.15, -0.1) is 0 Å². The molecule has 1 N–H and O–H groups in total. The van der Waals surface area contributed by atoms with E-state index in [4.69, 9.17) is 4.42 Å². The van der Waals surface area contributed by atoms with Crippen LogP contribution in [0, 0.1) is 5.92 Å². The Morgan fingerprint density at radius 1 is 1.32 bits per heavy atom. The fraction of sp³-hybridized carbons (Fsp3) is 0.615. The van der Waals surface area contributed by atoms with Crippen LogP contribution >= 0.6 is 0 Å². The number of rotatable bonds is 7. The second-order valence-corrected chi connectivity index (χ2v) is 4.93. The van der Waals surface area contributed by atoms with E-state index in [1.807, 2.05) is 11.6 Å². The van der Waals surface area contributed by atoms with Gasteiger partial charge in [-0.05, 0) is 5.92 Å². The van der Waals surface area contributed by atoms with Crippen molar-refractivity contribution in [1.82, 2.24) is 25.1 Å². The molecule has 0 aliphatic heterocycles. The van der Waals surface area contributed by atoms with E-state index in [0.29, 0.717) is 24.9 Å². The highest BCUT2D eigenvalue weighted by Gasteiger charge is 2.07. The van der Waals surface area contributed by atoms with Crippen molar-refractivity contribution in [2.75, 3.05) is 0 Å². The molecule has 2 aromatic rings. The van der Waals surface area contributed by atoms with E-state index >= 15 is 0 Å². The Balaban J connectivity index is 1.83. The third-order valence-electron chi connectivity index (χ3n) is 2.74. The fourth-order valence-corrected chi connectivity index (χ4v) is 1.80. The topological polar surface area (TPSA) is 68.8 Å². The Labute approximate surface area is 113 Å². The standard InChI is InChI=1S/C13H21N5O/c1-4-11-5-15-13(19-11)7-14-6-12-16-9-17-18(12)8-10(2)3/h5,9-10,14H,4,6-8H2,1-3H3. The molecule has 6 nitrogen and oxygen atoms in total. The number of nitrogens with zero attached hydrogens (tertiary/aromatic N) is 4. The first kappa shape index (κ1) is 13.7. The SMILES string of the molecule is CCc1cnc(CNCc2ncnn2CC(C)C)o1. The van der Waals surface area contributed by atoms with Gasteiger partial charge < -0.3 is 9.73 Å². The van der Waals surface area contributed by atoms with Crippen molar-refractivity contribution in [1.29, 1.82) is 0 Å². The molecule has 0 saturated heterocycles. The van der Waals surface area contributed by atoms with Gasteiger partial charge in [-0.1, -0.05) is 20.8 Å². The average molecular weight is 263 g/mol. The molecule has 0 fully saturated rings. The Morgan fingerprint density at radius 2 is 2.16 bits per heavy atom. The van der Waals surface area contributed by atoms with Gasteiger partial charge in [-0.25, -0.2) is 14.6 Å². The maximum atomic E-state index is 5.53. The van der Waals surface area contributed by atoms with E-state index in [9.17, 15) is 0 Å². The molecule has 0 amide bonds. The Morgan fingerprint density at radius 3 is 2.84 bits per heavy atom. The van der Waals surface area contributed by atoms with Gasteiger partial charge in [0.25, 0.3) is 0 Å². The van der Waals surface area contributed by atoms with Crippen LogP contribution in [-0.4, -0.2) is 19.7 Å². The minimum absolute atomic E-state index is 0.555. The summed E-state index contributed by atoms with van der Waals surface area (Å²) in [5.74, 6) is 3.13. The molecule has 0 aromatic carbocycles. The molecule has 0 unspecified atom stereocenters. The highest BCUT2D eigenvalue weighted by Crippen LogP contribution is 2.05. The van der Waals surface area contributed by atoms with Crippen molar-refractivity contribution in [3.8, 4) is 0 Å². The summed E-state index contributed by atoms with van der Waals surface area (Å²) in [5, 5.41) is 7.50. The van der Waals surface area contributed by atoms with Gasteiger partial charge in [0.1, 0.15) is 17.9 Å². The summed E-state index contributed by atoms with van der Waals surface area (Å²) in [6.45, 7) is 8.53. The van der Waals surface area contributed by atoms with Crippen molar-refractivity contribution in [2.24, 2.45) is 5.92 Å². The minimum Gasteiger partial charge on any atom is -0.444 e. The lowest BCUT2D eigenvalue weighted by molar-refractivity contribution is 0.426. The summed E-state index contributed by atoms with van der Waals surface area (Å²) in [6.07, 6.45) is 4.24. The zero-order chi connectivity index (χ0) is 13.7. The van der Waals surface area contributed by atoms with E-state index < -0.39 is 0 Å².